The first-order chi connectivity index (χ1) is 11.3. The molecule has 0 aliphatic rings. The third kappa shape index (κ3) is 4.13. The summed E-state index contributed by atoms with van der Waals surface area (Å²) < 4.78 is 26.5. The topological polar surface area (TPSA) is 71.1 Å². The lowest BCUT2D eigenvalue weighted by molar-refractivity contribution is -0.138. The summed E-state index contributed by atoms with van der Waals surface area (Å²) in [6, 6.07) is 8.05. The van der Waals surface area contributed by atoms with E-state index in [9.17, 15) is 18.4 Å². The number of rotatable bonds is 5. The predicted octanol–water partition coefficient (Wildman–Crippen LogP) is 2.64. The molecule has 0 aliphatic heterocycles. The second kappa shape index (κ2) is 7.16. The highest BCUT2D eigenvalue weighted by Crippen LogP contribution is 2.21. The van der Waals surface area contributed by atoms with Crippen molar-refractivity contribution in [3.8, 4) is 0 Å². The molecule has 1 aromatic carbocycles. The van der Waals surface area contributed by atoms with Crippen LogP contribution in [0.25, 0.3) is 0 Å². The highest BCUT2D eigenvalue weighted by molar-refractivity contribution is 6.09. The molecular weight excluding hydrogens is 316 g/mol. The van der Waals surface area contributed by atoms with E-state index in [4.69, 9.17) is 0 Å². The molecular formula is C17H17F2N3O2. The van der Waals surface area contributed by atoms with Crippen molar-refractivity contribution < 1.29 is 18.4 Å². The van der Waals surface area contributed by atoms with Gasteiger partial charge in [0.25, 0.3) is 0 Å². The molecule has 2 rings (SSSR count). The molecule has 1 aromatic heterocycles. The molecule has 0 bridgehead atoms. The molecule has 0 radical (unpaired) electrons. The second-order valence-corrected chi connectivity index (χ2v) is 5.71. The third-order valence-electron chi connectivity index (χ3n) is 3.47. The number of anilines is 1. The largest absolute Gasteiger partial charge is 0.350 e. The number of carbonyl (C=O) groups excluding carboxylic acids is 2. The molecule has 0 spiro atoms. The molecule has 24 heavy (non-hydrogen) atoms. The average molecular weight is 333 g/mol. The molecule has 0 atom stereocenters. The van der Waals surface area contributed by atoms with Crippen molar-refractivity contribution in [1.29, 1.82) is 0 Å². The average Bonchev–Trinajstić information content (AvgIpc) is 2.55. The first-order valence-electron chi connectivity index (χ1n) is 7.25. The van der Waals surface area contributed by atoms with Gasteiger partial charge < -0.3 is 10.6 Å². The van der Waals surface area contributed by atoms with Crippen molar-refractivity contribution in [2.75, 3.05) is 5.32 Å². The van der Waals surface area contributed by atoms with Crippen LogP contribution in [0.1, 0.15) is 19.5 Å². The van der Waals surface area contributed by atoms with Crippen LogP contribution in [-0.4, -0.2) is 16.8 Å². The van der Waals surface area contributed by atoms with E-state index in [1.165, 1.54) is 13.8 Å². The van der Waals surface area contributed by atoms with Gasteiger partial charge >= 0.3 is 0 Å². The fraction of sp³-hybridized carbons (Fsp3) is 0.235. The van der Waals surface area contributed by atoms with E-state index in [2.05, 4.69) is 15.6 Å². The molecule has 2 N–H and O–H groups in total. The number of hydrogen-bond acceptors (Lipinski definition) is 3. The van der Waals surface area contributed by atoms with Crippen molar-refractivity contribution >= 4 is 17.5 Å². The quantitative estimate of drug-likeness (QED) is 0.827. The minimum Gasteiger partial charge on any atom is -0.350 e. The van der Waals surface area contributed by atoms with E-state index >= 15 is 0 Å². The van der Waals surface area contributed by atoms with E-state index in [0.717, 1.165) is 12.1 Å². The standard InChI is InChI=1S/C17H17F2N3O2/c1-17(2,15(23)21-10-12-5-3-4-8-20-12)16(24)22-14-7-6-11(18)9-13(14)19/h3-9H,10H2,1-2H3,(H,21,23)(H,22,24). The normalized spacial score (nSPS) is 11.0. The van der Waals surface area contributed by atoms with Crippen LogP contribution in [0.4, 0.5) is 14.5 Å². The fourth-order valence-corrected chi connectivity index (χ4v) is 1.87. The van der Waals surface area contributed by atoms with Crippen molar-refractivity contribution in [1.82, 2.24) is 10.3 Å². The minimum atomic E-state index is -1.45. The molecule has 0 unspecified atom stereocenters. The van der Waals surface area contributed by atoms with E-state index in [1.807, 2.05) is 0 Å². The number of carbonyl (C=O) groups is 2. The summed E-state index contributed by atoms with van der Waals surface area (Å²) in [6.45, 7) is 3.00. The van der Waals surface area contributed by atoms with Gasteiger partial charge in [0.1, 0.15) is 17.0 Å². The van der Waals surface area contributed by atoms with Crippen LogP contribution in [0.3, 0.4) is 0 Å². The van der Waals surface area contributed by atoms with Gasteiger partial charge in [-0.1, -0.05) is 6.07 Å². The highest BCUT2D eigenvalue weighted by atomic mass is 19.1. The smallest absolute Gasteiger partial charge is 0.239 e. The Morgan fingerprint density at radius 3 is 2.50 bits per heavy atom. The van der Waals surface area contributed by atoms with Crippen molar-refractivity contribution in [3.05, 3.63) is 59.9 Å². The van der Waals surface area contributed by atoms with Gasteiger partial charge in [0.2, 0.25) is 11.8 Å². The number of amides is 2. The summed E-state index contributed by atoms with van der Waals surface area (Å²) in [7, 11) is 0. The van der Waals surface area contributed by atoms with E-state index in [1.54, 1.807) is 24.4 Å². The zero-order valence-corrected chi connectivity index (χ0v) is 13.3. The van der Waals surface area contributed by atoms with E-state index in [-0.39, 0.29) is 12.2 Å². The maximum Gasteiger partial charge on any atom is 0.239 e. The molecule has 1 heterocycles. The number of nitrogens with zero attached hydrogens (tertiary/aromatic N) is 1. The lowest BCUT2D eigenvalue weighted by Gasteiger charge is -2.22. The Balaban J connectivity index is 2.02. The Morgan fingerprint density at radius 2 is 1.88 bits per heavy atom. The fourth-order valence-electron chi connectivity index (χ4n) is 1.87. The first kappa shape index (κ1) is 17.5. The lowest BCUT2D eigenvalue weighted by Crippen LogP contribution is -2.45. The van der Waals surface area contributed by atoms with Gasteiger partial charge in [-0.05, 0) is 38.1 Å². The molecule has 7 heteroatoms. The van der Waals surface area contributed by atoms with Crippen LogP contribution in [0.5, 0.6) is 0 Å². The van der Waals surface area contributed by atoms with Gasteiger partial charge in [-0.2, -0.15) is 0 Å². The van der Waals surface area contributed by atoms with Crippen LogP contribution in [0.15, 0.2) is 42.6 Å². The predicted molar refractivity (Wildman–Crippen MR) is 84.9 cm³/mol. The maximum absolute atomic E-state index is 13.6. The van der Waals surface area contributed by atoms with Gasteiger partial charge in [-0.15, -0.1) is 0 Å². The van der Waals surface area contributed by atoms with E-state index < -0.39 is 28.9 Å². The maximum atomic E-state index is 13.6. The Kier molecular flexibility index (Phi) is 5.23. The molecule has 0 saturated heterocycles. The first-order valence-corrected chi connectivity index (χ1v) is 7.25. The highest BCUT2D eigenvalue weighted by Gasteiger charge is 2.36. The number of aromatic nitrogens is 1. The minimum absolute atomic E-state index is 0.168. The van der Waals surface area contributed by atoms with Crippen LogP contribution < -0.4 is 10.6 Å². The molecule has 2 amide bonds. The van der Waals surface area contributed by atoms with Crippen LogP contribution in [0, 0.1) is 17.0 Å². The van der Waals surface area contributed by atoms with Gasteiger partial charge in [0.05, 0.1) is 17.9 Å². The van der Waals surface area contributed by atoms with E-state index in [0.29, 0.717) is 11.8 Å². The number of nitrogens with one attached hydrogen (secondary N) is 2. The molecule has 0 saturated carbocycles. The van der Waals surface area contributed by atoms with Crippen LogP contribution in [-0.2, 0) is 16.1 Å². The van der Waals surface area contributed by atoms with Gasteiger partial charge in [0.15, 0.2) is 0 Å². The third-order valence-corrected chi connectivity index (χ3v) is 3.47. The Hall–Kier alpha value is -2.83. The van der Waals surface area contributed by atoms with Crippen molar-refractivity contribution in [2.24, 2.45) is 5.41 Å². The molecule has 0 fully saturated rings. The second-order valence-electron chi connectivity index (χ2n) is 5.71. The molecule has 126 valence electrons. The lowest BCUT2D eigenvalue weighted by atomic mass is 9.91. The zero-order chi connectivity index (χ0) is 17.7. The Bertz CT molecular complexity index is 749. The SMILES string of the molecule is CC(C)(C(=O)NCc1ccccn1)C(=O)Nc1ccc(F)cc1F. The number of halogens is 2. The van der Waals surface area contributed by atoms with Gasteiger partial charge in [-0.3, -0.25) is 14.6 Å². The zero-order valence-electron chi connectivity index (χ0n) is 13.3. The summed E-state index contributed by atoms with van der Waals surface area (Å²) in [5.74, 6) is -2.90. The summed E-state index contributed by atoms with van der Waals surface area (Å²) in [4.78, 5) is 28.6. The van der Waals surface area contributed by atoms with Crippen molar-refractivity contribution in [3.63, 3.8) is 0 Å². The van der Waals surface area contributed by atoms with Gasteiger partial charge in [-0.25, -0.2) is 8.78 Å². The summed E-state index contributed by atoms with van der Waals surface area (Å²) in [6.07, 6.45) is 1.59. The Morgan fingerprint density at radius 1 is 1.12 bits per heavy atom. The summed E-state index contributed by atoms with van der Waals surface area (Å²) in [5.41, 5.74) is -0.992. The van der Waals surface area contributed by atoms with Crippen LogP contribution >= 0.6 is 0 Å². The monoisotopic (exact) mass is 333 g/mol. The Labute approximate surface area is 138 Å². The summed E-state index contributed by atoms with van der Waals surface area (Å²) in [5, 5.41) is 4.91. The number of pyridine rings is 1. The summed E-state index contributed by atoms with van der Waals surface area (Å²) >= 11 is 0. The molecule has 2 aromatic rings. The number of benzene rings is 1. The molecule has 0 aliphatic carbocycles. The van der Waals surface area contributed by atoms with Crippen molar-refractivity contribution in [2.45, 2.75) is 20.4 Å². The molecule has 5 nitrogen and oxygen atoms in total. The van der Waals surface area contributed by atoms with Gasteiger partial charge in [0, 0.05) is 12.3 Å². The van der Waals surface area contributed by atoms with Crippen LogP contribution in [0.2, 0.25) is 0 Å². The number of hydrogen-bond donors (Lipinski definition) is 2.